The number of hydroxylamine groups is 3. The fourth-order valence-electron chi connectivity index (χ4n) is 3.70. The van der Waals surface area contributed by atoms with Crippen molar-refractivity contribution in [2.24, 2.45) is 0 Å². The number of hydrogen-bond donors (Lipinski definition) is 1. The van der Waals surface area contributed by atoms with Crippen LogP contribution >= 0.6 is 0 Å². The molecule has 1 heterocycles. The molecule has 0 aromatic heterocycles. The number of rotatable bonds is 1. The molecular formula is C17H22N2O3. The normalized spacial score (nSPS) is 28.6. The molecule has 118 valence electrons. The monoisotopic (exact) mass is 302 g/mol. The molecule has 0 unspecified atom stereocenters. The van der Waals surface area contributed by atoms with Crippen LogP contribution in [0.2, 0.25) is 0 Å². The minimum absolute atomic E-state index is 0.188. The number of Topliss-reactive ketones (excluding diaryl/α,β-unsaturated/α-hetero) is 1. The van der Waals surface area contributed by atoms with E-state index in [1.165, 1.54) is 0 Å². The van der Waals surface area contributed by atoms with Crippen molar-refractivity contribution >= 4 is 11.5 Å². The lowest BCUT2D eigenvalue weighted by Gasteiger charge is -2.36. The van der Waals surface area contributed by atoms with Crippen LogP contribution in [0.25, 0.3) is 0 Å². The third-order valence-electron chi connectivity index (χ3n) is 4.95. The lowest BCUT2D eigenvalue weighted by molar-refractivity contribution is -0.573. The van der Waals surface area contributed by atoms with Gasteiger partial charge in [0.25, 0.3) is 0 Å². The van der Waals surface area contributed by atoms with E-state index in [9.17, 15) is 15.2 Å². The van der Waals surface area contributed by atoms with E-state index in [0.29, 0.717) is 18.6 Å². The fourth-order valence-corrected chi connectivity index (χ4v) is 3.70. The van der Waals surface area contributed by atoms with Gasteiger partial charge in [-0.15, -0.1) is 5.06 Å². The Labute approximate surface area is 130 Å². The second kappa shape index (κ2) is 4.89. The van der Waals surface area contributed by atoms with Gasteiger partial charge in [0.15, 0.2) is 0 Å². The summed E-state index contributed by atoms with van der Waals surface area (Å²) in [5, 5.41) is 24.8. The summed E-state index contributed by atoms with van der Waals surface area (Å²) in [5.41, 5.74) is -0.0709. The lowest BCUT2D eigenvalue weighted by atomic mass is 9.86. The summed E-state index contributed by atoms with van der Waals surface area (Å²) < 4.78 is 0.763. The average molecular weight is 302 g/mol. The van der Waals surface area contributed by atoms with Crippen molar-refractivity contribution in [1.82, 2.24) is 5.06 Å². The number of aryl methyl sites for hydroxylation is 1. The van der Waals surface area contributed by atoms with Crippen LogP contribution in [0, 0.1) is 12.1 Å². The molecule has 2 aliphatic rings. The molecule has 0 saturated heterocycles. The van der Waals surface area contributed by atoms with Crippen molar-refractivity contribution in [3.05, 3.63) is 40.6 Å². The van der Waals surface area contributed by atoms with Gasteiger partial charge in [0.1, 0.15) is 5.54 Å². The van der Waals surface area contributed by atoms with E-state index in [0.717, 1.165) is 33.8 Å². The molecule has 3 rings (SSSR count). The topological polar surface area (TPSA) is 66.6 Å². The molecule has 1 saturated carbocycles. The summed E-state index contributed by atoms with van der Waals surface area (Å²) in [6.45, 7) is 5.54. The predicted octanol–water partition coefficient (Wildman–Crippen LogP) is 2.62. The maximum atomic E-state index is 13.1. The van der Waals surface area contributed by atoms with Crippen molar-refractivity contribution in [2.75, 3.05) is 0 Å². The van der Waals surface area contributed by atoms with E-state index in [4.69, 9.17) is 0 Å². The first-order valence-electron chi connectivity index (χ1n) is 7.76. The molecule has 1 fully saturated rings. The maximum absolute atomic E-state index is 13.1. The molecule has 1 aliphatic carbocycles. The van der Waals surface area contributed by atoms with Crippen molar-refractivity contribution in [3.8, 4) is 0 Å². The third-order valence-corrected chi connectivity index (χ3v) is 4.95. The lowest BCUT2D eigenvalue weighted by Crippen LogP contribution is -2.60. The SMILES string of the molecule is Cc1ccc(C2=[N+]([O-])[C@]3(CCCCC3=O)N(O)C2(C)C)cc1. The Hall–Kier alpha value is -1.72. The van der Waals surface area contributed by atoms with Crippen LogP contribution < -0.4 is 0 Å². The molecule has 22 heavy (non-hydrogen) atoms. The zero-order valence-electron chi connectivity index (χ0n) is 13.3. The molecule has 1 aromatic rings. The zero-order valence-corrected chi connectivity index (χ0v) is 13.3. The zero-order chi connectivity index (χ0) is 16.1. The summed E-state index contributed by atoms with van der Waals surface area (Å²) in [6.07, 6.45) is 2.25. The van der Waals surface area contributed by atoms with E-state index in [-0.39, 0.29) is 5.78 Å². The van der Waals surface area contributed by atoms with Gasteiger partial charge in [-0.3, -0.25) is 4.79 Å². The van der Waals surface area contributed by atoms with Gasteiger partial charge in [-0.2, -0.15) is 4.74 Å². The summed E-state index contributed by atoms with van der Waals surface area (Å²) in [4.78, 5) is 12.5. The highest BCUT2D eigenvalue weighted by molar-refractivity contribution is 6.06. The minimum atomic E-state index is -1.46. The first-order chi connectivity index (χ1) is 10.3. The highest BCUT2D eigenvalue weighted by Crippen LogP contribution is 2.41. The Morgan fingerprint density at radius 1 is 1.23 bits per heavy atom. The Bertz CT molecular complexity index is 648. The van der Waals surface area contributed by atoms with Gasteiger partial charge in [0, 0.05) is 18.4 Å². The number of carbonyl (C=O) groups is 1. The summed E-state index contributed by atoms with van der Waals surface area (Å²) in [5.74, 6) is -0.188. The van der Waals surface area contributed by atoms with Crippen molar-refractivity contribution in [1.29, 1.82) is 0 Å². The van der Waals surface area contributed by atoms with Crippen molar-refractivity contribution in [3.63, 3.8) is 0 Å². The van der Waals surface area contributed by atoms with Gasteiger partial charge in [0.05, 0.1) is 0 Å². The van der Waals surface area contributed by atoms with Gasteiger partial charge < -0.3 is 10.4 Å². The van der Waals surface area contributed by atoms with E-state index in [1.54, 1.807) is 13.8 Å². The largest absolute Gasteiger partial charge is 0.622 e. The fraction of sp³-hybridized carbons (Fsp3) is 0.529. The van der Waals surface area contributed by atoms with E-state index < -0.39 is 11.2 Å². The molecule has 5 heteroatoms. The standard InChI is InChI=1S/C17H22N2O3/c1-12-7-9-13(10-8-12)15-16(2,3)19(22)17(18(15)21)11-5-4-6-14(17)20/h7-10,22H,4-6,11H2,1-3H3/t17-/m1/s1. The molecule has 1 aliphatic heterocycles. The number of hydrogen-bond acceptors (Lipinski definition) is 4. The van der Waals surface area contributed by atoms with Gasteiger partial charge in [-0.25, -0.2) is 0 Å². The number of benzene rings is 1. The van der Waals surface area contributed by atoms with Gasteiger partial charge in [0.2, 0.25) is 11.5 Å². The molecule has 1 aromatic carbocycles. The minimum Gasteiger partial charge on any atom is -0.622 e. The quantitative estimate of drug-likeness (QED) is 0.639. The van der Waals surface area contributed by atoms with Crippen LogP contribution in [0.3, 0.4) is 0 Å². The summed E-state index contributed by atoms with van der Waals surface area (Å²) in [7, 11) is 0. The Morgan fingerprint density at radius 2 is 1.86 bits per heavy atom. The number of ketones is 1. The smallest absolute Gasteiger partial charge is 0.310 e. The van der Waals surface area contributed by atoms with Gasteiger partial charge in [-0.05, 0) is 45.7 Å². The number of nitrogens with zero attached hydrogens (tertiary/aromatic N) is 2. The molecule has 0 radical (unpaired) electrons. The molecule has 0 bridgehead atoms. The molecular weight excluding hydrogens is 280 g/mol. The second-order valence-corrected chi connectivity index (χ2v) is 6.83. The first kappa shape index (κ1) is 15.2. The maximum Gasteiger partial charge on any atom is 0.310 e. The molecule has 1 N–H and O–H groups in total. The molecule has 1 atom stereocenters. The Morgan fingerprint density at radius 3 is 2.45 bits per heavy atom. The van der Waals surface area contributed by atoms with Crippen LogP contribution in [-0.4, -0.2) is 37.7 Å². The van der Waals surface area contributed by atoms with E-state index in [1.807, 2.05) is 31.2 Å². The second-order valence-electron chi connectivity index (χ2n) is 6.83. The van der Waals surface area contributed by atoms with Crippen LogP contribution in [0.5, 0.6) is 0 Å². The summed E-state index contributed by atoms with van der Waals surface area (Å²) >= 11 is 0. The van der Waals surface area contributed by atoms with Gasteiger partial charge >= 0.3 is 5.66 Å². The highest BCUT2D eigenvalue weighted by Gasteiger charge is 2.66. The van der Waals surface area contributed by atoms with Crippen LogP contribution in [0.1, 0.15) is 50.7 Å². The van der Waals surface area contributed by atoms with Crippen molar-refractivity contribution < 1.29 is 14.7 Å². The molecule has 5 nitrogen and oxygen atoms in total. The average Bonchev–Trinajstić information content (AvgIpc) is 2.62. The van der Waals surface area contributed by atoms with E-state index in [2.05, 4.69) is 0 Å². The Kier molecular flexibility index (Phi) is 3.38. The first-order valence-corrected chi connectivity index (χ1v) is 7.76. The molecule has 1 spiro atoms. The third kappa shape index (κ3) is 1.85. The Balaban J connectivity index is 2.20. The van der Waals surface area contributed by atoms with Gasteiger partial charge in [-0.1, -0.05) is 17.7 Å². The van der Waals surface area contributed by atoms with E-state index >= 15 is 0 Å². The van der Waals surface area contributed by atoms with Crippen LogP contribution in [0.4, 0.5) is 0 Å². The van der Waals surface area contributed by atoms with Crippen molar-refractivity contribution in [2.45, 2.75) is 57.7 Å². The van der Waals surface area contributed by atoms with Crippen LogP contribution in [0.15, 0.2) is 24.3 Å². The number of carbonyl (C=O) groups excluding carboxylic acids is 1. The van der Waals surface area contributed by atoms with Crippen LogP contribution in [-0.2, 0) is 4.79 Å². The summed E-state index contributed by atoms with van der Waals surface area (Å²) in [6, 6.07) is 7.61. The predicted molar refractivity (Wildman–Crippen MR) is 82.8 cm³/mol. The molecule has 0 amide bonds. The highest BCUT2D eigenvalue weighted by atomic mass is 16.6.